The molecule has 1 saturated carbocycles. The Morgan fingerprint density at radius 2 is 1.65 bits per heavy atom. The van der Waals surface area contributed by atoms with E-state index >= 15 is 0 Å². The average Bonchev–Trinajstić information content (AvgIpc) is 2.69. The summed E-state index contributed by atoms with van der Waals surface area (Å²) < 4.78 is 0. The lowest BCUT2D eigenvalue weighted by Gasteiger charge is -2.32. The third-order valence-corrected chi connectivity index (χ3v) is 6.03. The van der Waals surface area contributed by atoms with Crippen LogP contribution in [0.1, 0.15) is 67.3 Å². The number of rotatable bonds is 5. The number of piperidine rings is 1. The lowest BCUT2D eigenvalue weighted by molar-refractivity contribution is -0.125. The van der Waals surface area contributed by atoms with E-state index in [-0.39, 0.29) is 17.7 Å². The smallest absolute Gasteiger partial charge is 0.253 e. The zero-order chi connectivity index (χ0) is 18.4. The molecule has 0 bridgehead atoms. The summed E-state index contributed by atoms with van der Waals surface area (Å²) in [5.74, 6) is 1.27. The van der Waals surface area contributed by atoms with E-state index in [1.165, 1.54) is 24.8 Å². The van der Waals surface area contributed by atoms with E-state index in [0.717, 1.165) is 57.3 Å². The van der Waals surface area contributed by atoms with Crippen molar-refractivity contribution in [1.82, 2.24) is 10.2 Å². The van der Waals surface area contributed by atoms with E-state index in [1.807, 2.05) is 36.1 Å². The quantitative estimate of drug-likeness (QED) is 0.869. The first kappa shape index (κ1) is 18.9. The van der Waals surface area contributed by atoms with Crippen LogP contribution in [0.3, 0.4) is 0 Å². The van der Waals surface area contributed by atoms with Gasteiger partial charge in [-0.25, -0.2) is 0 Å². The molecule has 1 aromatic rings. The standard InChI is InChI=1S/C22H32N2O2/c1-17-7-9-20(10-8-17)22(26)24-15-12-18(13-16-24)11-14-23-21(25)19-5-3-2-4-6-19/h7-10,18-19H,2-6,11-16H2,1H3,(H,23,25). The number of nitrogens with one attached hydrogen (secondary N) is 1. The van der Waals surface area contributed by atoms with Gasteiger partial charge in [0.2, 0.25) is 5.91 Å². The van der Waals surface area contributed by atoms with Gasteiger partial charge in [0, 0.05) is 31.1 Å². The molecule has 0 unspecified atom stereocenters. The maximum Gasteiger partial charge on any atom is 0.253 e. The minimum atomic E-state index is 0.147. The molecular formula is C22H32N2O2. The Bertz CT molecular complexity index is 597. The largest absolute Gasteiger partial charge is 0.356 e. The number of carbonyl (C=O) groups excluding carboxylic acids is 2. The molecule has 1 saturated heterocycles. The van der Waals surface area contributed by atoms with E-state index in [9.17, 15) is 9.59 Å². The normalized spacial score (nSPS) is 19.3. The number of hydrogen-bond donors (Lipinski definition) is 1. The topological polar surface area (TPSA) is 49.4 Å². The molecule has 4 heteroatoms. The van der Waals surface area contributed by atoms with Crippen LogP contribution < -0.4 is 5.32 Å². The zero-order valence-electron chi connectivity index (χ0n) is 16.0. The molecule has 1 aromatic carbocycles. The van der Waals surface area contributed by atoms with Gasteiger partial charge in [-0.1, -0.05) is 37.0 Å². The first-order chi connectivity index (χ1) is 12.6. The van der Waals surface area contributed by atoms with Gasteiger partial charge < -0.3 is 10.2 Å². The highest BCUT2D eigenvalue weighted by Crippen LogP contribution is 2.24. The van der Waals surface area contributed by atoms with Crippen LogP contribution >= 0.6 is 0 Å². The molecule has 2 fully saturated rings. The first-order valence-electron chi connectivity index (χ1n) is 10.3. The van der Waals surface area contributed by atoms with Crippen LogP contribution in [0.25, 0.3) is 0 Å². The molecule has 26 heavy (non-hydrogen) atoms. The summed E-state index contributed by atoms with van der Waals surface area (Å²) in [4.78, 5) is 26.7. The maximum atomic E-state index is 12.6. The average molecular weight is 357 g/mol. The Morgan fingerprint density at radius 3 is 2.31 bits per heavy atom. The van der Waals surface area contributed by atoms with Crippen molar-refractivity contribution in [3.63, 3.8) is 0 Å². The van der Waals surface area contributed by atoms with Crippen molar-refractivity contribution >= 4 is 11.8 Å². The van der Waals surface area contributed by atoms with Crippen LogP contribution in [0.2, 0.25) is 0 Å². The highest BCUT2D eigenvalue weighted by atomic mass is 16.2. The highest BCUT2D eigenvalue weighted by Gasteiger charge is 2.24. The number of nitrogens with zero attached hydrogens (tertiary/aromatic N) is 1. The number of carbonyl (C=O) groups is 2. The molecule has 0 aromatic heterocycles. The van der Waals surface area contributed by atoms with E-state index in [1.54, 1.807) is 0 Å². The number of amides is 2. The van der Waals surface area contributed by atoms with E-state index in [0.29, 0.717) is 5.92 Å². The third-order valence-electron chi connectivity index (χ3n) is 6.03. The molecule has 4 nitrogen and oxygen atoms in total. The van der Waals surface area contributed by atoms with Crippen molar-refractivity contribution in [1.29, 1.82) is 0 Å². The summed E-state index contributed by atoms with van der Waals surface area (Å²) in [5, 5.41) is 3.15. The van der Waals surface area contributed by atoms with Gasteiger partial charge in [-0.15, -0.1) is 0 Å². The zero-order valence-corrected chi connectivity index (χ0v) is 16.0. The number of hydrogen-bond acceptors (Lipinski definition) is 2. The van der Waals surface area contributed by atoms with Crippen molar-refractivity contribution < 1.29 is 9.59 Å². The van der Waals surface area contributed by atoms with Gasteiger partial charge >= 0.3 is 0 Å². The lowest BCUT2D eigenvalue weighted by Crippen LogP contribution is -2.39. The summed E-state index contributed by atoms with van der Waals surface area (Å²) in [6, 6.07) is 7.83. The van der Waals surface area contributed by atoms with Crippen molar-refractivity contribution in [3.8, 4) is 0 Å². The van der Waals surface area contributed by atoms with Crippen LogP contribution in [0.4, 0.5) is 0 Å². The second-order valence-electron chi connectivity index (χ2n) is 8.02. The fourth-order valence-electron chi connectivity index (χ4n) is 4.21. The van der Waals surface area contributed by atoms with E-state index < -0.39 is 0 Å². The number of aryl methyl sites for hydroxylation is 1. The highest BCUT2D eigenvalue weighted by molar-refractivity contribution is 5.94. The molecule has 1 aliphatic heterocycles. The predicted molar refractivity (Wildman–Crippen MR) is 104 cm³/mol. The predicted octanol–water partition coefficient (Wildman–Crippen LogP) is 3.93. The molecule has 0 spiro atoms. The van der Waals surface area contributed by atoms with Gasteiger partial charge in [-0.2, -0.15) is 0 Å². The van der Waals surface area contributed by atoms with E-state index in [2.05, 4.69) is 5.32 Å². The fourth-order valence-corrected chi connectivity index (χ4v) is 4.21. The second kappa shape index (κ2) is 9.20. The molecule has 142 valence electrons. The van der Waals surface area contributed by atoms with Gasteiger partial charge in [0.25, 0.3) is 5.91 Å². The summed E-state index contributed by atoms with van der Waals surface area (Å²) in [5.41, 5.74) is 1.96. The molecule has 0 atom stereocenters. The minimum absolute atomic E-state index is 0.147. The van der Waals surface area contributed by atoms with Gasteiger partial charge in [0.1, 0.15) is 0 Å². The first-order valence-corrected chi connectivity index (χ1v) is 10.3. The minimum Gasteiger partial charge on any atom is -0.356 e. The number of likely N-dealkylation sites (tertiary alicyclic amines) is 1. The molecular weight excluding hydrogens is 324 g/mol. The molecule has 1 N–H and O–H groups in total. The van der Waals surface area contributed by atoms with E-state index in [4.69, 9.17) is 0 Å². The Kier molecular flexibility index (Phi) is 6.70. The molecule has 3 rings (SSSR count). The molecule has 2 aliphatic rings. The van der Waals surface area contributed by atoms with Crippen molar-refractivity contribution in [2.75, 3.05) is 19.6 Å². The molecule has 1 aliphatic carbocycles. The molecule has 1 heterocycles. The van der Waals surface area contributed by atoms with Gasteiger partial charge in [-0.05, 0) is 57.1 Å². The SMILES string of the molecule is Cc1ccc(C(=O)N2CCC(CCNC(=O)C3CCCCC3)CC2)cc1. The van der Waals surface area contributed by atoms with Gasteiger partial charge in [0.05, 0.1) is 0 Å². The Hall–Kier alpha value is -1.84. The van der Waals surface area contributed by atoms with Crippen LogP contribution in [0.15, 0.2) is 24.3 Å². The molecule has 0 radical (unpaired) electrons. The van der Waals surface area contributed by atoms with Crippen LogP contribution in [0, 0.1) is 18.8 Å². The fraction of sp³-hybridized carbons (Fsp3) is 0.636. The maximum absolute atomic E-state index is 12.6. The Labute approximate surface area is 157 Å². The van der Waals surface area contributed by atoms with Crippen molar-refractivity contribution in [2.45, 2.75) is 58.3 Å². The van der Waals surface area contributed by atoms with Crippen LogP contribution in [0.5, 0.6) is 0 Å². The van der Waals surface area contributed by atoms with Gasteiger partial charge in [0.15, 0.2) is 0 Å². The molecule has 2 amide bonds. The number of benzene rings is 1. The summed E-state index contributed by atoms with van der Waals surface area (Å²) in [7, 11) is 0. The third kappa shape index (κ3) is 5.09. The summed E-state index contributed by atoms with van der Waals surface area (Å²) >= 11 is 0. The van der Waals surface area contributed by atoms with Crippen molar-refractivity contribution in [3.05, 3.63) is 35.4 Å². The Balaban J connectivity index is 1.36. The lowest BCUT2D eigenvalue weighted by atomic mass is 9.88. The van der Waals surface area contributed by atoms with Crippen molar-refractivity contribution in [2.24, 2.45) is 11.8 Å². The van der Waals surface area contributed by atoms with Gasteiger partial charge in [-0.3, -0.25) is 9.59 Å². The second-order valence-corrected chi connectivity index (χ2v) is 8.02. The van der Waals surface area contributed by atoms with Crippen LogP contribution in [-0.2, 0) is 4.79 Å². The van der Waals surface area contributed by atoms with Crippen LogP contribution in [-0.4, -0.2) is 36.3 Å². The summed E-state index contributed by atoms with van der Waals surface area (Å²) in [6.07, 6.45) is 8.91. The monoisotopic (exact) mass is 356 g/mol. The summed E-state index contributed by atoms with van der Waals surface area (Å²) in [6.45, 7) is 4.47. The Morgan fingerprint density at radius 1 is 1.00 bits per heavy atom.